The first-order valence-corrected chi connectivity index (χ1v) is 20.3. The third-order valence-corrected chi connectivity index (χ3v) is 13.2. The van der Waals surface area contributed by atoms with Gasteiger partial charge in [0.15, 0.2) is 0 Å². The van der Waals surface area contributed by atoms with E-state index in [0.717, 1.165) is 28.1 Å². The van der Waals surface area contributed by atoms with E-state index in [-0.39, 0.29) is 5.41 Å². The number of aromatic amines is 1. The van der Waals surface area contributed by atoms with Crippen LogP contribution in [0.1, 0.15) is 25.0 Å². The second kappa shape index (κ2) is 11.4. The quantitative estimate of drug-likeness (QED) is 0.191. The number of H-pyrrole nitrogens is 1. The number of para-hydroxylation sites is 3. The number of rotatable bonds is 4. The highest BCUT2D eigenvalue weighted by Gasteiger charge is 2.35. The summed E-state index contributed by atoms with van der Waals surface area (Å²) in [5, 5.41) is 10.2. The molecule has 0 atom stereocenters. The molecule has 0 bridgehead atoms. The minimum absolute atomic E-state index is 0.0719. The molecule has 3 heteroatoms. The summed E-state index contributed by atoms with van der Waals surface area (Å²) in [5.41, 5.74) is 17.3. The van der Waals surface area contributed by atoms with Gasteiger partial charge in [-0.2, -0.15) is 0 Å². The zero-order valence-electron chi connectivity index (χ0n) is 32.2. The van der Waals surface area contributed by atoms with E-state index in [1.807, 2.05) is 0 Å². The van der Waals surface area contributed by atoms with Gasteiger partial charge in [-0.3, -0.25) is 0 Å². The Hall–Kier alpha value is -7.36. The van der Waals surface area contributed by atoms with Gasteiger partial charge in [0, 0.05) is 65.8 Å². The number of anilines is 3. The van der Waals surface area contributed by atoms with Gasteiger partial charge in [-0.25, -0.2) is 0 Å². The molecule has 9 aromatic carbocycles. The summed E-state index contributed by atoms with van der Waals surface area (Å²) in [7, 11) is 0. The Balaban J connectivity index is 0.911. The number of nitrogens with zero attached hydrogens (tertiary/aromatic N) is 2. The van der Waals surface area contributed by atoms with E-state index in [2.05, 4.69) is 210 Å². The molecule has 0 saturated carbocycles. The molecular weight excluding hydrogens is 703 g/mol. The van der Waals surface area contributed by atoms with E-state index in [0.29, 0.717) is 0 Å². The summed E-state index contributed by atoms with van der Waals surface area (Å²) in [5.74, 6) is 0. The molecule has 1 N–H and O–H groups in total. The second-order valence-electron chi connectivity index (χ2n) is 16.7. The molecule has 12 aromatic rings. The van der Waals surface area contributed by atoms with Crippen molar-refractivity contribution in [1.82, 2.24) is 9.38 Å². The van der Waals surface area contributed by atoms with Crippen LogP contribution in [0.5, 0.6) is 0 Å². The van der Waals surface area contributed by atoms with Gasteiger partial charge in [-0.15, -0.1) is 0 Å². The van der Waals surface area contributed by atoms with E-state index in [4.69, 9.17) is 0 Å². The van der Waals surface area contributed by atoms with Gasteiger partial charge in [0.1, 0.15) is 0 Å². The molecule has 0 spiro atoms. The highest BCUT2D eigenvalue weighted by Crippen LogP contribution is 2.51. The molecule has 0 radical (unpaired) electrons. The lowest BCUT2D eigenvalue weighted by atomic mass is 9.82. The fourth-order valence-electron chi connectivity index (χ4n) is 10.4. The molecule has 0 amide bonds. The SMILES string of the molecule is CC1(C)c2ccccc2-c2ccc(N(c3ccccc3)c3ccc(-c4ccc5[nH]c6cc7cc8c9cccc%10c%11ccccc%11n(c8cc7cc6c5c4)c%109)cc3)cc21. The van der Waals surface area contributed by atoms with Crippen molar-refractivity contribution in [3.63, 3.8) is 0 Å². The van der Waals surface area contributed by atoms with E-state index >= 15 is 0 Å². The molecule has 3 heterocycles. The Kier molecular flexibility index (Phi) is 6.23. The van der Waals surface area contributed by atoms with Crippen LogP contribution < -0.4 is 4.90 Å². The summed E-state index contributed by atoms with van der Waals surface area (Å²) in [6.07, 6.45) is 0. The van der Waals surface area contributed by atoms with Crippen LogP contribution in [0, 0.1) is 0 Å². The Morgan fingerprint density at radius 2 is 1.07 bits per heavy atom. The molecule has 3 aromatic heterocycles. The molecule has 0 fully saturated rings. The number of aromatic nitrogens is 2. The standard InChI is InChI=1S/C55H37N3/c1-55(2)48-17-8-6-13-40(48)41-25-24-39(32-49(41)55)57(37-11-4-3-5-12-37)38-22-19-33(20-23-38)34-21-26-50-45(27-34)46-28-36-31-53-47(29-35(36)30-51(46)56-50)44-16-10-15-43-42-14-7-9-18-52(42)58(53)54(43)44/h3-32,56H,1-2H3. The average Bonchev–Trinajstić information content (AvgIpc) is 3.97. The van der Waals surface area contributed by atoms with Crippen molar-refractivity contribution in [1.29, 1.82) is 0 Å². The van der Waals surface area contributed by atoms with Gasteiger partial charge in [0.25, 0.3) is 0 Å². The summed E-state index contributed by atoms with van der Waals surface area (Å²) in [6, 6.07) is 67.5. The zero-order valence-corrected chi connectivity index (χ0v) is 32.2. The first-order chi connectivity index (χ1) is 28.5. The summed E-state index contributed by atoms with van der Waals surface area (Å²) >= 11 is 0. The monoisotopic (exact) mass is 739 g/mol. The molecule has 0 aliphatic heterocycles. The Bertz CT molecular complexity index is 3640. The number of hydrogen-bond acceptors (Lipinski definition) is 1. The average molecular weight is 740 g/mol. The van der Waals surface area contributed by atoms with Crippen LogP contribution in [0.3, 0.4) is 0 Å². The Labute approximate surface area is 335 Å². The largest absolute Gasteiger partial charge is 0.354 e. The highest BCUT2D eigenvalue weighted by atomic mass is 15.1. The fraction of sp³-hybridized carbons (Fsp3) is 0.0545. The summed E-state index contributed by atoms with van der Waals surface area (Å²) in [6.45, 7) is 4.70. The third-order valence-electron chi connectivity index (χ3n) is 13.2. The van der Waals surface area contributed by atoms with Crippen LogP contribution in [0.15, 0.2) is 182 Å². The number of hydrogen-bond donors (Lipinski definition) is 1. The zero-order chi connectivity index (χ0) is 38.3. The van der Waals surface area contributed by atoms with Crippen LogP contribution in [0.4, 0.5) is 17.1 Å². The van der Waals surface area contributed by atoms with Crippen LogP contribution in [-0.4, -0.2) is 9.38 Å². The van der Waals surface area contributed by atoms with Crippen molar-refractivity contribution in [3.8, 4) is 22.3 Å². The maximum absolute atomic E-state index is 3.75. The molecule has 272 valence electrons. The predicted octanol–water partition coefficient (Wildman–Crippen LogP) is 15.1. The fourth-order valence-corrected chi connectivity index (χ4v) is 10.4. The molecule has 13 rings (SSSR count). The van der Waals surface area contributed by atoms with Crippen molar-refractivity contribution < 1.29 is 0 Å². The number of fused-ring (bicyclic) bond motifs is 13. The molecule has 1 aliphatic rings. The molecule has 1 aliphatic carbocycles. The van der Waals surface area contributed by atoms with Crippen LogP contribution in [0.25, 0.3) is 92.9 Å². The van der Waals surface area contributed by atoms with Gasteiger partial charge in [-0.1, -0.05) is 117 Å². The molecule has 0 saturated heterocycles. The Morgan fingerprint density at radius 1 is 0.414 bits per heavy atom. The molecular formula is C55H37N3. The van der Waals surface area contributed by atoms with Crippen LogP contribution >= 0.6 is 0 Å². The highest BCUT2D eigenvalue weighted by molar-refractivity contribution is 6.25. The maximum Gasteiger partial charge on any atom is 0.0620 e. The van der Waals surface area contributed by atoms with E-state index in [9.17, 15) is 0 Å². The molecule has 58 heavy (non-hydrogen) atoms. The van der Waals surface area contributed by atoms with E-state index in [1.165, 1.54) is 93.0 Å². The lowest BCUT2D eigenvalue weighted by Gasteiger charge is -2.28. The minimum atomic E-state index is -0.0719. The van der Waals surface area contributed by atoms with Crippen molar-refractivity contribution in [2.45, 2.75) is 19.3 Å². The molecule has 3 nitrogen and oxygen atoms in total. The van der Waals surface area contributed by atoms with Gasteiger partial charge in [0.05, 0.1) is 16.6 Å². The summed E-state index contributed by atoms with van der Waals surface area (Å²) in [4.78, 5) is 6.13. The predicted molar refractivity (Wildman–Crippen MR) is 246 cm³/mol. The van der Waals surface area contributed by atoms with Crippen molar-refractivity contribution in [2.24, 2.45) is 0 Å². The smallest absolute Gasteiger partial charge is 0.0620 e. The third kappa shape index (κ3) is 4.28. The Morgan fingerprint density at radius 3 is 1.95 bits per heavy atom. The van der Waals surface area contributed by atoms with Gasteiger partial charge in [-0.05, 0) is 123 Å². The van der Waals surface area contributed by atoms with Crippen molar-refractivity contribution >= 4 is 87.7 Å². The van der Waals surface area contributed by atoms with Crippen LogP contribution in [-0.2, 0) is 5.41 Å². The number of benzene rings is 9. The normalized spacial score (nSPS) is 13.5. The minimum Gasteiger partial charge on any atom is -0.354 e. The van der Waals surface area contributed by atoms with Crippen LogP contribution in [0.2, 0.25) is 0 Å². The van der Waals surface area contributed by atoms with Crippen molar-refractivity contribution in [2.75, 3.05) is 4.90 Å². The van der Waals surface area contributed by atoms with E-state index in [1.54, 1.807) is 0 Å². The van der Waals surface area contributed by atoms with Gasteiger partial charge in [0.2, 0.25) is 0 Å². The lowest BCUT2D eigenvalue weighted by Crippen LogP contribution is -2.16. The molecule has 0 unspecified atom stereocenters. The maximum atomic E-state index is 3.75. The van der Waals surface area contributed by atoms with Crippen molar-refractivity contribution in [3.05, 3.63) is 193 Å². The second-order valence-corrected chi connectivity index (χ2v) is 16.7. The van der Waals surface area contributed by atoms with Gasteiger partial charge < -0.3 is 14.3 Å². The summed E-state index contributed by atoms with van der Waals surface area (Å²) < 4.78 is 2.47. The van der Waals surface area contributed by atoms with E-state index < -0.39 is 0 Å². The first-order valence-electron chi connectivity index (χ1n) is 20.3. The number of nitrogens with one attached hydrogen (secondary N) is 1. The first kappa shape index (κ1) is 31.8. The van der Waals surface area contributed by atoms with Gasteiger partial charge >= 0.3 is 0 Å². The lowest BCUT2D eigenvalue weighted by molar-refractivity contribution is 0.660. The topological polar surface area (TPSA) is 23.4 Å².